The molecular formula is C18H16FeO2+2. The summed E-state index contributed by atoms with van der Waals surface area (Å²) in [7, 11) is 0. The van der Waals surface area contributed by atoms with Crippen LogP contribution in [0.2, 0.25) is 0 Å². The molecule has 106 valence electrons. The summed E-state index contributed by atoms with van der Waals surface area (Å²) >= 11 is 0. The molecule has 10 radical (unpaired) electrons. The molecule has 0 saturated heterocycles. The van der Waals surface area contributed by atoms with Crippen LogP contribution in [0, 0.1) is 63.7 Å². The zero-order valence-electron chi connectivity index (χ0n) is 11.9. The number of hydrogen-bond acceptors (Lipinski definition) is 2. The van der Waals surface area contributed by atoms with Gasteiger partial charge < -0.3 is 0 Å². The first-order chi connectivity index (χ1) is 9.61. The Bertz CT molecular complexity index is 442. The second-order valence-corrected chi connectivity index (χ2v) is 4.66. The molecule has 0 unspecified atom stereocenters. The fourth-order valence-electron chi connectivity index (χ4n) is 2.07. The monoisotopic (exact) mass is 320 g/mol. The third-order valence-electron chi connectivity index (χ3n) is 3.18. The second-order valence-electron chi connectivity index (χ2n) is 4.66. The first-order valence-electron chi connectivity index (χ1n) is 6.48. The van der Waals surface area contributed by atoms with E-state index in [0.717, 1.165) is 5.92 Å². The Morgan fingerprint density at radius 2 is 1.24 bits per heavy atom. The first kappa shape index (κ1) is 18.4. The van der Waals surface area contributed by atoms with E-state index in [9.17, 15) is 9.59 Å². The van der Waals surface area contributed by atoms with Gasteiger partial charge in [0.15, 0.2) is 11.6 Å². The molecule has 0 aromatic carbocycles. The first-order valence-corrected chi connectivity index (χ1v) is 6.48. The molecule has 0 aliphatic heterocycles. The molecule has 2 saturated carbocycles. The molecule has 3 aliphatic rings. The van der Waals surface area contributed by atoms with Crippen molar-refractivity contribution in [2.75, 3.05) is 0 Å². The van der Waals surface area contributed by atoms with Gasteiger partial charge in [-0.2, -0.15) is 0 Å². The van der Waals surface area contributed by atoms with Crippen LogP contribution < -0.4 is 0 Å². The van der Waals surface area contributed by atoms with Crippen LogP contribution in [-0.2, 0) is 26.7 Å². The maximum Gasteiger partial charge on any atom is 2.00 e. The number of ketones is 2. The molecule has 0 aromatic rings. The molecule has 0 spiro atoms. The number of allylic oxidation sites excluding steroid dienone is 4. The Labute approximate surface area is 138 Å². The predicted octanol–water partition coefficient (Wildman–Crippen LogP) is 2.83. The van der Waals surface area contributed by atoms with Gasteiger partial charge in [-0.05, 0) is 77.7 Å². The maximum absolute atomic E-state index is 11.9. The van der Waals surface area contributed by atoms with E-state index in [0.29, 0.717) is 16.7 Å². The average molecular weight is 320 g/mol. The molecule has 0 amide bonds. The minimum atomic E-state index is -0.0664. The van der Waals surface area contributed by atoms with Gasteiger partial charge in [0, 0.05) is 22.6 Å². The Balaban J connectivity index is 0.000000313. The minimum absolute atomic E-state index is 0. The van der Waals surface area contributed by atoms with Gasteiger partial charge in [0.25, 0.3) is 0 Å². The van der Waals surface area contributed by atoms with Gasteiger partial charge in [-0.15, -0.1) is 0 Å². The number of carbonyl (C=O) groups is 2. The van der Waals surface area contributed by atoms with Crippen molar-refractivity contribution in [3.8, 4) is 0 Å². The number of Topliss-reactive ketones (excluding diaryl/α,β-unsaturated/α-hetero) is 1. The third-order valence-corrected chi connectivity index (χ3v) is 3.18. The molecular weight excluding hydrogens is 304 g/mol. The van der Waals surface area contributed by atoms with Crippen molar-refractivity contribution in [2.24, 2.45) is 0 Å². The summed E-state index contributed by atoms with van der Waals surface area (Å²) in [5, 5.41) is 0. The van der Waals surface area contributed by atoms with Crippen molar-refractivity contribution < 1.29 is 26.7 Å². The van der Waals surface area contributed by atoms with E-state index in [1.54, 1.807) is 13.8 Å². The van der Waals surface area contributed by atoms with E-state index in [2.05, 4.69) is 0 Å². The molecule has 0 N–H and O–H groups in total. The molecule has 0 aromatic heterocycles. The Morgan fingerprint density at radius 1 is 0.762 bits per heavy atom. The normalized spacial score (nSPS) is 22.7. The summed E-state index contributed by atoms with van der Waals surface area (Å²) in [5.74, 6) is 0.722. The Hall–Kier alpha value is -0.661. The van der Waals surface area contributed by atoms with Gasteiger partial charge in [0.05, 0.1) is 0 Å². The van der Waals surface area contributed by atoms with E-state index < -0.39 is 0 Å². The van der Waals surface area contributed by atoms with Gasteiger partial charge in [0.2, 0.25) is 0 Å². The predicted molar refractivity (Wildman–Crippen MR) is 78.4 cm³/mol. The van der Waals surface area contributed by atoms with Crippen LogP contribution in [0.3, 0.4) is 0 Å². The smallest absolute Gasteiger partial charge is 0.290 e. The Morgan fingerprint density at radius 3 is 1.71 bits per heavy atom. The van der Waals surface area contributed by atoms with E-state index in [4.69, 9.17) is 0 Å². The quantitative estimate of drug-likeness (QED) is 0.550. The molecule has 2 fully saturated rings. The van der Waals surface area contributed by atoms with Crippen LogP contribution in [0.5, 0.6) is 0 Å². The zero-order chi connectivity index (χ0) is 14.5. The number of carbonyl (C=O) groups excluding carboxylic acids is 2. The Kier molecular flexibility index (Phi) is 7.62. The van der Waals surface area contributed by atoms with Crippen molar-refractivity contribution >= 4 is 11.6 Å². The summed E-state index contributed by atoms with van der Waals surface area (Å²) < 4.78 is 0. The van der Waals surface area contributed by atoms with Gasteiger partial charge in [-0.1, -0.05) is 0 Å². The number of hydrogen-bond donors (Lipinski definition) is 0. The van der Waals surface area contributed by atoms with Gasteiger partial charge in [0.1, 0.15) is 0 Å². The summed E-state index contributed by atoms with van der Waals surface area (Å²) in [6.07, 6.45) is 18.8. The fourth-order valence-corrected chi connectivity index (χ4v) is 2.07. The SMILES string of the molecule is CC1=CC(=O)C(C)=C([C]2[CH][CH][CH][CH]2)C1=O.[CH]1[CH][CH][CH][CH]1.[Fe+2]. The van der Waals surface area contributed by atoms with Crippen molar-refractivity contribution in [3.05, 3.63) is 86.5 Å². The van der Waals surface area contributed by atoms with E-state index in [1.165, 1.54) is 6.08 Å². The second kappa shape index (κ2) is 8.70. The zero-order valence-corrected chi connectivity index (χ0v) is 13.0. The summed E-state index contributed by atoms with van der Waals surface area (Å²) in [6.45, 7) is 3.38. The minimum Gasteiger partial charge on any atom is -0.290 e. The molecule has 3 aliphatic carbocycles. The molecule has 0 atom stereocenters. The molecule has 3 heteroatoms. The molecule has 3 rings (SSSR count). The van der Waals surface area contributed by atoms with E-state index >= 15 is 0 Å². The van der Waals surface area contributed by atoms with E-state index in [-0.39, 0.29) is 28.6 Å². The van der Waals surface area contributed by atoms with Gasteiger partial charge in [-0.25, -0.2) is 0 Å². The largest absolute Gasteiger partial charge is 2.00 e. The van der Waals surface area contributed by atoms with Crippen LogP contribution in [0.1, 0.15) is 13.8 Å². The molecule has 21 heavy (non-hydrogen) atoms. The average Bonchev–Trinajstić information content (AvgIpc) is 3.12. The van der Waals surface area contributed by atoms with Crippen molar-refractivity contribution in [2.45, 2.75) is 13.8 Å². The van der Waals surface area contributed by atoms with Crippen molar-refractivity contribution in [1.82, 2.24) is 0 Å². The maximum atomic E-state index is 11.9. The summed E-state index contributed by atoms with van der Waals surface area (Å²) in [6, 6.07) is 0. The third kappa shape index (κ3) is 4.66. The van der Waals surface area contributed by atoms with Crippen LogP contribution in [-0.4, -0.2) is 11.6 Å². The fraction of sp³-hybridized carbons (Fsp3) is 0.111. The van der Waals surface area contributed by atoms with Crippen LogP contribution in [0.4, 0.5) is 0 Å². The topological polar surface area (TPSA) is 34.1 Å². The molecule has 0 heterocycles. The standard InChI is InChI=1S/C13H11O2.C5H5.Fe/c1-8-7-11(14)9(2)12(13(8)15)10-5-3-4-6-10;1-2-4-5-3-1;/h3-7H,1-2H3;1-5H;/q;;+2. The van der Waals surface area contributed by atoms with E-state index in [1.807, 2.05) is 57.8 Å². The van der Waals surface area contributed by atoms with Crippen molar-refractivity contribution in [3.63, 3.8) is 0 Å². The van der Waals surface area contributed by atoms with Crippen LogP contribution in [0.25, 0.3) is 0 Å². The molecule has 2 nitrogen and oxygen atoms in total. The van der Waals surface area contributed by atoms with Crippen molar-refractivity contribution in [1.29, 1.82) is 0 Å². The van der Waals surface area contributed by atoms with Crippen LogP contribution in [0.15, 0.2) is 22.8 Å². The summed E-state index contributed by atoms with van der Waals surface area (Å²) in [4.78, 5) is 23.5. The van der Waals surface area contributed by atoms with Crippen LogP contribution >= 0.6 is 0 Å². The molecule has 0 bridgehead atoms. The summed E-state index contributed by atoms with van der Waals surface area (Å²) in [5.41, 5.74) is 1.60. The number of rotatable bonds is 1. The van der Waals surface area contributed by atoms with Gasteiger partial charge in [-0.3, -0.25) is 9.59 Å². The van der Waals surface area contributed by atoms with Gasteiger partial charge >= 0.3 is 17.1 Å².